The Labute approximate surface area is 110 Å². The van der Waals surface area contributed by atoms with Crippen molar-refractivity contribution in [2.45, 2.75) is 51.0 Å². The molecule has 1 saturated carbocycles. The lowest BCUT2D eigenvalue weighted by Crippen LogP contribution is -2.51. The Morgan fingerprint density at radius 3 is 2.28 bits per heavy atom. The van der Waals surface area contributed by atoms with E-state index in [1.54, 1.807) is 0 Å². The Morgan fingerprint density at radius 2 is 1.78 bits per heavy atom. The summed E-state index contributed by atoms with van der Waals surface area (Å²) in [4.78, 5) is 0. The number of rotatable bonds is 4. The summed E-state index contributed by atoms with van der Waals surface area (Å²) in [5.41, 5.74) is 6.19. The van der Waals surface area contributed by atoms with E-state index in [1.807, 2.05) is 30.3 Å². The van der Waals surface area contributed by atoms with Crippen molar-refractivity contribution < 1.29 is 5.11 Å². The second-order valence-corrected chi connectivity index (χ2v) is 5.62. The summed E-state index contributed by atoms with van der Waals surface area (Å²) in [6, 6.07) is 10.1. The minimum Gasteiger partial charge on any atom is -0.385 e. The molecule has 1 fully saturated rings. The van der Waals surface area contributed by atoms with Gasteiger partial charge in [0, 0.05) is 12.0 Å². The van der Waals surface area contributed by atoms with Gasteiger partial charge in [-0.05, 0) is 24.8 Å². The molecule has 1 atom stereocenters. The number of hydrogen-bond acceptors (Lipinski definition) is 2. The Morgan fingerprint density at radius 1 is 1.17 bits per heavy atom. The van der Waals surface area contributed by atoms with Gasteiger partial charge in [-0.3, -0.25) is 0 Å². The van der Waals surface area contributed by atoms with Crippen LogP contribution in [0.5, 0.6) is 0 Å². The second kappa shape index (κ2) is 5.41. The maximum Gasteiger partial charge on any atom is 0.0961 e. The van der Waals surface area contributed by atoms with Crippen LogP contribution in [0.25, 0.3) is 0 Å². The maximum atomic E-state index is 11.3. The molecule has 1 unspecified atom stereocenters. The van der Waals surface area contributed by atoms with E-state index >= 15 is 0 Å². The molecule has 0 aliphatic heterocycles. The summed E-state index contributed by atoms with van der Waals surface area (Å²) in [7, 11) is 0. The van der Waals surface area contributed by atoms with Crippen LogP contribution in [0.1, 0.15) is 51.0 Å². The third kappa shape index (κ3) is 2.08. The summed E-state index contributed by atoms with van der Waals surface area (Å²) >= 11 is 0. The third-order valence-electron chi connectivity index (χ3n) is 4.84. The van der Waals surface area contributed by atoms with Gasteiger partial charge >= 0.3 is 0 Å². The van der Waals surface area contributed by atoms with Crippen molar-refractivity contribution in [1.82, 2.24) is 0 Å². The third-order valence-corrected chi connectivity index (χ3v) is 4.84. The molecule has 2 heteroatoms. The molecule has 0 spiro atoms. The van der Waals surface area contributed by atoms with Crippen LogP contribution in [0.2, 0.25) is 0 Å². The van der Waals surface area contributed by atoms with Crippen LogP contribution in [0.4, 0.5) is 0 Å². The van der Waals surface area contributed by atoms with Gasteiger partial charge in [-0.25, -0.2) is 0 Å². The van der Waals surface area contributed by atoms with Crippen LogP contribution in [0.15, 0.2) is 30.3 Å². The molecule has 0 amide bonds. The molecule has 1 aromatic carbocycles. The van der Waals surface area contributed by atoms with Crippen molar-refractivity contribution in [3.8, 4) is 0 Å². The van der Waals surface area contributed by atoms with E-state index in [4.69, 9.17) is 5.73 Å². The number of nitrogens with two attached hydrogens (primary N) is 1. The lowest BCUT2D eigenvalue weighted by Gasteiger charge is -2.49. The fourth-order valence-electron chi connectivity index (χ4n) is 3.61. The largest absolute Gasteiger partial charge is 0.385 e. The highest BCUT2D eigenvalue weighted by Crippen LogP contribution is 2.50. The van der Waals surface area contributed by atoms with Crippen LogP contribution >= 0.6 is 0 Å². The van der Waals surface area contributed by atoms with Gasteiger partial charge in [0.25, 0.3) is 0 Å². The molecule has 0 radical (unpaired) electrons. The van der Waals surface area contributed by atoms with Crippen molar-refractivity contribution in [2.24, 2.45) is 11.1 Å². The molecule has 100 valence electrons. The predicted octanol–water partition coefficient (Wildman–Crippen LogP) is 3.19. The Hall–Kier alpha value is -0.860. The van der Waals surface area contributed by atoms with E-state index in [2.05, 4.69) is 6.92 Å². The maximum absolute atomic E-state index is 11.3. The van der Waals surface area contributed by atoms with Gasteiger partial charge < -0.3 is 10.8 Å². The van der Waals surface area contributed by atoms with Crippen molar-refractivity contribution in [1.29, 1.82) is 0 Å². The van der Waals surface area contributed by atoms with Gasteiger partial charge in [0.05, 0.1) is 5.60 Å². The minimum atomic E-state index is -0.774. The van der Waals surface area contributed by atoms with Crippen LogP contribution in [-0.4, -0.2) is 11.7 Å². The highest BCUT2D eigenvalue weighted by atomic mass is 16.3. The van der Waals surface area contributed by atoms with Gasteiger partial charge in [-0.1, -0.05) is 56.5 Å². The SMILES string of the molecule is CCC(O)(c1ccccc1)C1(CN)CCCCC1. The molecule has 0 aromatic heterocycles. The molecule has 2 nitrogen and oxygen atoms in total. The monoisotopic (exact) mass is 247 g/mol. The van der Waals surface area contributed by atoms with Crippen LogP contribution in [0, 0.1) is 5.41 Å². The quantitative estimate of drug-likeness (QED) is 0.858. The molecule has 1 aliphatic carbocycles. The molecule has 3 N–H and O–H groups in total. The first kappa shape index (κ1) is 13.6. The number of benzene rings is 1. The Kier molecular flexibility index (Phi) is 4.08. The summed E-state index contributed by atoms with van der Waals surface area (Å²) < 4.78 is 0. The predicted molar refractivity (Wildman–Crippen MR) is 75.2 cm³/mol. The molecule has 1 aliphatic rings. The van der Waals surface area contributed by atoms with Crippen molar-refractivity contribution >= 4 is 0 Å². The normalized spacial score (nSPS) is 22.4. The number of hydrogen-bond donors (Lipinski definition) is 2. The lowest BCUT2D eigenvalue weighted by molar-refractivity contribution is -0.109. The first-order valence-electron chi connectivity index (χ1n) is 7.16. The Bertz CT molecular complexity index is 370. The van der Waals surface area contributed by atoms with Gasteiger partial charge in [0.15, 0.2) is 0 Å². The smallest absolute Gasteiger partial charge is 0.0961 e. The van der Waals surface area contributed by atoms with Crippen LogP contribution in [0.3, 0.4) is 0 Å². The fourth-order valence-corrected chi connectivity index (χ4v) is 3.61. The first-order valence-corrected chi connectivity index (χ1v) is 7.16. The van der Waals surface area contributed by atoms with Gasteiger partial charge in [-0.2, -0.15) is 0 Å². The molecule has 18 heavy (non-hydrogen) atoms. The zero-order chi connectivity index (χ0) is 13.1. The van der Waals surface area contributed by atoms with E-state index in [1.165, 1.54) is 19.3 Å². The molecule has 2 rings (SSSR count). The summed E-state index contributed by atoms with van der Waals surface area (Å²) in [5, 5.41) is 11.3. The van der Waals surface area contributed by atoms with E-state index in [9.17, 15) is 5.11 Å². The molecule has 0 bridgehead atoms. The topological polar surface area (TPSA) is 46.2 Å². The average molecular weight is 247 g/mol. The molecular weight excluding hydrogens is 222 g/mol. The van der Waals surface area contributed by atoms with E-state index < -0.39 is 5.60 Å². The Balaban J connectivity index is 2.41. The van der Waals surface area contributed by atoms with Gasteiger partial charge in [0.2, 0.25) is 0 Å². The second-order valence-electron chi connectivity index (χ2n) is 5.62. The average Bonchev–Trinajstić information content (AvgIpc) is 2.48. The fraction of sp³-hybridized carbons (Fsp3) is 0.625. The van der Waals surface area contributed by atoms with Crippen LogP contribution < -0.4 is 5.73 Å². The summed E-state index contributed by atoms with van der Waals surface area (Å²) in [6.45, 7) is 2.64. The van der Waals surface area contributed by atoms with E-state index in [0.29, 0.717) is 6.54 Å². The number of aliphatic hydroxyl groups is 1. The minimum absolute atomic E-state index is 0.138. The zero-order valence-corrected chi connectivity index (χ0v) is 11.4. The highest BCUT2D eigenvalue weighted by molar-refractivity contribution is 5.26. The molecule has 0 saturated heterocycles. The molecule has 1 aromatic rings. The van der Waals surface area contributed by atoms with Gasteiger partial charge in [0.1, 0.15) is 0 Å². The molecule has 0 heterocycles. The molecular formula is C16H25NO. The van der Waals surface area contributed by atoms with E-state index in [-0.39, 0.29) is 5.41 Å². The van der Waals surface area contributed by atoms with E-state index in [0.717, 1.165) is 24.8 Å². The summed E-state index contributed by atoms with van der Waals surface area (Å²) in [6.07, 6.45) is 6.47. The zero-order valence-electron chi connectivity index (χ0n) is 11.4. The first-order chi connectivity index (χ1) is 8.68. The highest BCUT2D eigenvalue weighted by Gasteiger charge is 2.49. The van der Waals surface area contributed by atoms with Crippen molar-refractivity contribution in [2.75, 3.05) is 6.54 Å². The van der Waals surface area contributed by atoms with Gasteiger partial charge in [-0.15, -0.1) is 0 Å². The van der Waals surface area contributed by atoms with Crippen LogP contribution in [-0.2, 0) is 5.60 Å². The standard InChI is InChI=1S/C16H25NO/c1-2-16(18,14-9-5-3-6-10-14)15(13-17)11-7-4-8-12-15/h3,5-6,9-10,18H,2,4,7-8,11-13,17H2,1H3. The summed E-state index contributed by atoms with van der Waals surface area (Å²) in [5.74, 6) is 0. The van der Waals surface area contributed by atoms with Crippen molar-refractivity contribution in [3.05, 3.63) is 35.9 Å². The lowest BCUT2D eigenvalue weighted by atomic mass is 9.60. The van der Waals surface area contributed by atoms with Crippen molar-refractivity contribution in [3.63, 3.8) is 0 Å².